The minimum absolute atomic E-state index is 0.335. The molecular formula is C8H16O3Si. The molecule has 0 fully saturated rings. The molecule has 0 saturated heterocycles. The molecule has 3 nitrogen and oxygen atoms in total. The van der Waals surface area contributed by atoms with Crippen molar-refractivity contribution in [2.75, 3.05) is 6.61 Å². The molecule has 0 aliphatic heterocycles. The van der Waals surface area contributed by atoms with Crippen LogP contribution in [0.4, 0.5) is 0 Å². The average Bonchev–Trinajstić information content (AvgIpc) is 2.03. The summed E-state index contributed by atoms with van der Waals surface area (Å²) in [5.74, 6) is -0.335. The predicted molar refractivity (Wildman–Crippen MR) is 50.3 cm³/mol. The number of carbonyl (C=O) groups is 1. The van der Waals surface area contributed by atoms with Crippen molar-refractivity contribution >= 4 is 16.0 Å². The highest BCUT2D eigenvalue weighted by Gasteiger charge is 2.01. The van der Waals surface area contributed by atoms with Crippen molar-refractivity contribution in [2.24, 2.45) is 0 Å². The predicted octanol–water partition coefficient (Wildman–Crippen LogP) is 0.921. The lowest BCUT2D eigenvalue weighted by Gasteiger charge is -2.04. The van der Waals surface area contributed by atoms with Crippen LogP contribution in [0.5, 0.6) is 0 Å². The summed E-state index contributed by atoms with van der Waals surface area (Å²) in [7, 11) is -1.11. The molecule has 70 valence electrons. The number of hydrogen-bond acceptors (Lipinski definition) is 3. The van der Waals surface area contributed by atoms with E-state index in [-0.39, 0.29) is 5.97 Å². The summed E-state index contributed by atoms with van der Waals surface area (Å²) in [6.07, 6.45) is 2.13. The van der Waals surface area contributed by atoms with E-state index >= 15 is 0 Å². The Balaban J connectivity index is 3.20. The van der Waals surface area contributed by atoms with Crippen LogP contribution in [0.2, 0.25) is 0 Å². The highest BCUT2D eigenvalue weighted by atomic mass is 28.3. The summed E-state index contributed by atoms with van der Waals surface area (Å²) in [5.41, 5.74) is 0.432. The van der Waals surface area contributed by atoms with Gasteiger partial charge in [0, 0.05) is 12.2 Å². The molecule has 0 amide bonds. The summed E-state index contributed by atoms with van der Waals surface area (Å²) in [5, 5.41) is 0. The van der Waals surface area contributed by atoms with Crippen LogP contribution >= 0.6 is 0 Å². The molecule has 0 aromatic heterocycles. The largest absolute Gasteiger partial charge is 0.496 e. The Labute approximate surface area is 75.8 Å². The van der Waals surface area contributed by atoms with Crippen LogP contribution in [0, 0.1) is 0 Å². The molecule has 0 atom stereocenters. The van der Waals surface area contributed by atoms with Crippen LogP contribution in [0.25, 0.3) is 0 Å². The van der Waals surface area contributed by atoms with E-state index in [0.29, 0.717) is 12.2 Å². The van der Waals surface area contributed by atoms with Crippen molar-refractivity contribution in [2.45, 2.75) is 26.7 Å². The van der Waals surface area contributed by atoms with Crippen molar-refractivity contribution in [3.05, 3.63) is 12.2 Å². The van der Waals surface area contributed by atoms with Crippen LogP contribution < -0.4 is 0 Å². The SMILES string of the molecule is C=C(C)C(=O)O[SiH2]OCCCC. The Hall–Kier alpha value is -0.613. The fourth-order valence-corrected chi connectivity index (χ4v) is 1.28. The quantitative estimate of drug-likeness (QED) is 0.353. The molecule has 12 heavy (non-hydrogen) atoms. The van der Waals surface area contributed by atoms with Crippen molar-refractivity contribution in [1.82, 2.24) is 0 Å². The Bertz CT molecular complexity index is 156. The van der Waals surface area contributed by atoms with Gasteiger partial charge in [-0.15, -0.1) is 0 Å². The third-order valence-electron chi connectivity index (χ3n) is 1.26. The molecule has 0 spiro atoms. The second-order valence-electron chi connectivity index (χ2n) is 2.59. The van der Waals surface area contributed by atoms with Gasteiger partial charge in [-0.25, -0.2) is 4.79 Å². The van der Waals surface area contributed by atoms with Gasteiger partial charge in [-0.1, -0.05) is 19.9 Å². The maximum atomic E-state index is 10.8. The molecule has 0 saturated carbocycles. The molecule has 0 aliphatic rings. The van der Waals surface area contributed by atoms with Crippen LogP contribution in [-0.4, -0.2) is 22.6 Å². The summed E-state index contributed by atoms with van der Waals surface area (Å²) in [6, 6.07) is 0. The van der Waals surface area contributed by atoms with Crippen LogP contribution in [0.15, 0.2) is 12.2 Å². The number of hydrogen-bond donors (Lipinski definition) is 0. The fourth-order valence-electron chi connectivity index (χ4n) is 0.524. The van der Waals surface area contributed by atoms with Crippen LogP contribution in [0.3, 0.4) is 0 Å². The Morgan fingerprint density at radius 3 is 2.75 bits per heavy atom. The first kappa shape index (κ1) is 11.4. The number of carbonyl (C=O) groups excluding carboxylic acids is 1. The molecule has 0 bridgehead atoms. The minimum Gasteiger partial charge on any atom is -0.496 e. The number of rotatable bonds is 6. The molecule has 0 N–H and O–H groups in total. The summed E-state index contributed by atoms with van der Waals surface area (Å²) in [6.45, 7) is 7.88. The first-order valence-electron chi connectivity index (χ1n) is 4.08. The lowest BCUT2D eigenvalue weighted by atomic mass is 10.4. The zero-order chi connectivity index (χ0) is 9.40. The normalized spacial score (nSPS) is 10.5. The van der Waals surface area contributed by atoms with E-state index in [9.17, 15) is 4.79 Å². The van der Waals surface area contributed by atoms with Gasteiger partial charge in [0.25, 0.3) is 0 Å². The molecule has 0 aliphatic carbocycles. The average molecular weight is 188 g/mol. The minimum atomic E-state index is -1.11. The molecule has 0 unspecified atom stereocenters. The second kappa shape index (κ2) is 7.06. The van der Waals surface area contributed by atoms with Gasteiger partial charge in [0.15, 0.2) is 0 Å². The third kappa shape index (κ3) is 6.12. The molecule has 0 heterocycles. The summed E-state index contributed by atoms with van der Waals surface area (Å²) < 4.78 is 9.98. The Morgan fingerprint density at radius 1 is 1.58 bits per heavy atom. The van der Waals surface area contributed by atoms with Crippen molar-refractivity contribution in [3.63, 3.8) is 0 Å². The lowest BCUT2D eigenvalue weighted by molar-refractivity contribution is -0.131. The molecule has 0 aromatic rings. The standard InChI is InChI=1S/C8H16O3Si/c1-4-5-6-10-12-11-8(9)7(2)3/h2,4-6,12H2,1,3H3. The second-order valence-corrected chi connectivity index (χ2v) is 3.52. The van der Waals surface area contributed by atoms with E-state index in [1.54, 1.807) is 6.92 Å². The van der Waals surface area contributed by atoms with Crippen LogP contribution in [-0.2, 0) is 13.6 Å². The third-order valence-corrected chi connectivity index (χ3v) is 2.10. The smallest absolute Gasteiger partial charge is 0.369 e. The fraction of sp³-hybridized carbons (Fsp3) is 0.625. The van der Waals surface area contributed by atoms with E-state index in [1.807, 2.05) is 0 Å². The Morgan fingerprint density at radius 2 is 2.25 bits per heavy atom. The number of unbranched alkanes of at least 4 members (excludes halogenated alkanes) is 1. The molecule has 0 radical (unpaired) electrons. The van der Waals surface area contributed by atoms with Gasteiger partial charge < -0.3 is 8.85 Å². The van der Waals surface area contributed by atoms with Crippen molar-refractivity contribution < 1.29 is 13.6 Å². The first-order chi connectivity index (χ1) is 5.68. The lowest BCUT2D eigenvalue weighted by Crippen LogP contribution is -2.12. The topological polar surface area (TPSA) is 35.5 Å². The van der Waals surface area contributed by atoms with E-state index in [0.717, 1.165) is 12.8 Å². The maximum absolute atomic E-state index is 10.8. The van der Waals surface area contributed by atoms with Gasteiger partial charge in [-0.3, -0.25) is 0 Å². The summed E-state index contributed by atoms with van der Waals surface area (Å²) in [4.78, 5) is 10.8. The molecular weight excluding hydrogens is 172 g/mol. The highest BCUT2D eigenvalue weighted by Crippen LogP contribution is 1.91. The van der Waals surface area contributed by atoms with Crippen LogP contribution in [0.1, 0.15) is 26.7 Å². The van der Waals surface area contributed by atoms with Gasteiger partial charge in [-0.2, -0.15) is 0 Å². The zero-order valence-electron chi connectivity index (χ0n) is 7.76. The van der Waals surface area contributed by atoms with Gasteiger partial charge in [0.1, 0.15) is 0 Å². The monoisotopic (exact) mass is 188 g/mol. The first-order valence-corrected chi connectivity index (χ1v) is 5.24. The van der Waals surface area contributed by atoms with E-state index < -0.39 is 10.0 Å². The van der Waals surface area contributed by atoms with Gasteiger partial charge >= 0.3 is 16.0 Å². The Kier molecular flexibility index (Phi) is 6.70. The molecule has 4 heteroatoms. The van der Waals surface area contributed by atoms with Gasteiger partial charge in [-0.05, 0) is 13.3 Å². The maximum Gasteiger partial charge on any atom is 0.369 e. The summed E-state index contributed by atoms with van der Waals surface area (Å²) >= 11 is 0. The highest BCUT2D eigenvalue weighted by molar-refractivity contribution is 6.23. The van der Waals surface area contributed by atoms with Crippen molar-refractivity contribution in [3.8, 4) is 0 Å². The van der Waals surface area contributed by atoms with Gasteiger partial charge in [0.05, 0.1) is 0 Å². The van der Waals surface area contributed by atoms with E-state index in [2.05, 4.69) is 13.5 Å². The zero-order valence-corrected chi connectivity index (χ0v) is 9.17. The molecule has 0 rings (SSSR count). The van der Waals surface area contributed by atoms with Crippen molar-refractivity contribution in [1.29, 1.82) is 0 Å². The molecule has 0 aromatic carbocycles. The van der Waals surface area contributed by atoms with E-state index in [4.69, 9.17) is 8.85 Å². The van der Waals surface area contributed by atoms with Gasteiger partial charge in [0.2, 0.25) is 0 Å². The van der Waals surface area contributed by atoms with E-state index in [1.165, 1.54) is 0 Å².